The van der Waals surface area contributed by atoms with Gasteiger partial charge in [0.15, 0.2) is 0 Å². The van der Waals surface area contributed by atoms with Crippen molar-refractivity contribution in [1.82, 2.24) is 20.0 Å². The Morgan fingerprint density at radius 1 is 1.00 bits per heavy atom. The largest absolute Gasteiger partial charge is 0.337 e. The van der Waals surface area contributed by atoms with Crippen molar-refractivity contribution in [3.63, 3.8) is 0 Å². The molecule has 0 saturated carbocycles. The molecule has 5 amide bonds. The highest BCUT2D eigenvalue weighted by Crippen LogP contribution is 2.24. The van der Waals surface area contributed by atoms with Gasteiger partial charge in [-0.05, 0) is 45.2 Å². The Balaban J connectivity index is 1.53. The Kier molecular flexibility index (Phi) is 5.02. The summed E-state index contributed by atoms with van der Waals surface area (Å²) in [7, 11) is 0. The summed E-state index contributed by atoms with van der Waals surface area (Å²) in [6, 6.07) is 4.19. The minimum Gasteiger partial charge on any atom is -0.337 e. The number of likely N-dealkylation sites (tertiary alicyclic amines) is 1. The van der Waals surface area contributed by atoms with Gasteiger partial charge >= 0.3 is 6.03 Å². The molecule has 8 heteroatoms. The van der Waals surface area contributed by atoms with Crippen LogP contribution in [0.4, 0.5) is 4.79 Å². The number of piperidine rings is 1. The minimum atomic E-state index is -0.632. The molecular weight excluding hydrogens is 372 g/mol. The van der Waals surface area contributed by atoms with Crippen LogP contribution in [-0.2, 0) is 9.59 Å². The molecule has 8 nitrogen and oxygen atoms in total. The van der Waals surface area contributed by atoms with E-state index >= 15 is 0 Å². The molecule has 0 spiro atoms. The standard InChI is InChI=1S/C21H26N4O4/c1-13-9-14(2)11-15(10-13)19(27)24-6-4-3-5-16(24)20(28)23-7-8-25-17(12-23)18(26)22-21(25)29/h9-11,16-17H,3-8,12H2,1-2H3,(H,22,26,29). The molecule has 0 bridgehead atoms. The predicted molar refractivity (Wildman–Crippen MR) is 105 cm³/mol. The summed E-state index contributed by atoms with van der Waals surface area (Å²) < 4.78 is 0. The van der Waals surface area contributed by atoms with Gasteiger partial charge in [-0.1, -0.05) is 17.2 Å². The molecular formula is C21H26N4O4. The fraction of sp³-hybridized carbons (Fsp3) is 0.524. The third-order valence-corrected chi connectivity index (χ3v) is 6.00. The number of piperazine rings is 1. The number of imide groups is 1. The zero-order valence-corrected chi connectivity index (χ0v) is 16.8. The molecule has 1 aromatic rings. The van der Waals surface area contributed by atoms with E-state index < -0.39 is 18.1 Å². The minimum absolute atomic E-state index is 0.123. The van der Waals surface area contributed by atoms with Gasteiger partial charge in [0, 0.05) is 25.2 Å². The van der Waals surface area contributed by atoms with E-state index in [4.69, 9.17) is 0 Å². The smallest absolute Gasteiger partial charge is 0.324 e. The monoisotopic (exact) mass is 398 g/mol. The molecule has 3 aliphatic heterocycles. The lowest BCUT2D eigenvalue weighted by Crippen LogP contribution is -2.60. The van der Waals surface area contributed by atoms with Gasteiger partial charge < -0.3 is 14.7 Å². The van der Waals surface area contributed by atoms with E-state index in [1.165, 1.54) is 4.90 Å². The van der Waals surface area contributed by atoms with Crippen molar-refractivity contribution in [1.29, 1.82) is 0 Å². The molecule has 1 aromatic carbocycles. The molecule has 3 heterocycles. The first kappa shape index (κ1) is 19.4. The number of carbonyl (C=O) groups is 4. The molecule has 154 valence electrons. The highest BCUT2D eigenvalue weighted by atomic mass is 16.2. The predicted octanol–water partition coefficient (Wildman–Crippen LogP) is 1.06. The number of aryl methyl sites for hydroxylation is 2. The number of carbonyl (C=O) groups excluding carboxylic acids is 4. The zero-order valence-electron chi connectivity index (χ0n) is 16.8. The summed E-state index contributed by atoms with van der Waals surface area (Å²) in [6.07, 6.45) is 2.37. The van der Waals surface area contributed by atoms with Gasteiger partial charge in [0.25, 0.3) is 11.8 Å². The first-order valence-corrected chi connectivity index (χ1v) is 10.1. The summed E-state index contributed by atoms with van der Waals surface area (Å²) in [6.45, 7) is 5.33. The quantitative estimate of drug-likeness (QED) is 0.755. The highest BCUT2D eigenvalue weighted by molar-refractivity contribution is 6.05. The van der Waals surface area contributed by atoms with E-state index in [1.807, 2.05) is 32.0 Å². The van der Waals surface area contributed by atoms with Gasteiger partial charge in [0.05, 0.1) is 6.54 Å². The van der Waals surface area contributed by atoms with E-state index in [0.29, 0.717) is 31.6 Å². The molecule has 1 N–H and O–H groups in total. The van der Waals surface area contributed by atoms with Crippen molar-refractivity contribution in [2.75, 3.05) is 26.2 Å². The lowest BCUT2D eigenvalue weighted by Gasteiger charge is -2.41. The average molecular weight is 398 g/mol. The van der Waals surface area contributed by atoms with Crippen molar-refractivity contribution >= 4 is 23.8 Å². The normalized spacial score (nSPS) is 24.4. The van der Waals surface area contributed by atoms with Crippen molar-refractivity contribution in [3.8, 4) is 0 Å². The topological polar surface area (TPSA) is 90.0 Å². The number of benzene rings is 1. The van der Waals surface area contributed by atoms with Crippen LogP contribution in [0.3, 0.4) is 0 Å². The highest BCUT2D eigenvalue weighted by Gasteiger charge is 2.45. The van der Waals surface area contributed by atoms with Crippen molar-refractivity contribution in [2.24, 2.45) is 0 Å². The SMILES string of the molecule is Cc1cc(C)cc(C(=O)N2CCCCC2C(=O)N2CCN3C(=O)NC(=O)C3C2)c1. The van der Waals surface area contributed by atoms with E-state index in [-0.39, 0.29) is 24.3 Å². The molecule has 3 saturated heterocycles. The Hall–Kier alpha value is -2.90. The van der Waals surface area contributed by atoms with Gasteiger partial charge in [0.1, 0.15) is 12.1 Å². The number of amides is 5. The summed E-state index contributed by atoms with van der Waals surface area (Å²) in [4.78, 5) is 55.1. The molecule has 2 unspecified atom stereocenters. The van der Waals surface area contributed by atoms with Crippen molar-refractivity contribution < 1.29 is 19.2 Å². The maximum absolute atomic E-state index is 13.3. The average Bonchev–Trinajstić information content (AvgIpc) is 2.99. The third-order valence-electron chi connectivity index (χ3n) is 6.00. The second kappa shape index (κ2) is 7.50. The maximum Gasteiger partial charge on any atom is 0.324 e. The van der Waals surface area contributed by atoms with Crippen molar-refractivity contribution in [2.45, 2.75) is 45.2 Å². The maximum atomic E-state index is 13.3. The lowest BCUT2D eigenvalue weighted by molar-refractivity contribution is -0.140. The summed E-state index contributed by atoms with van der Waals surface area (Å²) >= 11 is 0. The lowest BCUT2D eigenvalue weighted by atomic mass is 9.98. The van der Waals surface area contributed by atoms with Crippen LogP contribution < -0.4 is 5.32 Å². The fourth-order valence-corrected chi connectivity index (χ4v) is 4.62. The number of nitrogens with zero attached hydrogens (tertiary/aromatic N) is 3. The number of fused-ring (bicyclic) bond motifs is 1. The number of urea groups is 1. The number of hydrogen-bond acceptors (Lipinski definition) is 4. The van der Waals surface area contributed by atoms with Crippen molar-refractivity contribution in [3.05, 3.63) is 34.9 Å². The van der Waals surface area contributed by atoms with Crippen LogP contribution >= 0.6 is 0 Å². The Bertz CT molecular complexity index is 863. The van der Waals surface area contributed by atoms with E-state index in [9.17, 15) is 19.2 Å². The van der Waals surface area contributed by atoms with Crippen LogP contribution in [0, 0.1) is 13.8 Å². The molecule has 3 aliphatic rings. The van der Waals surface area contributed by atoms with Crippen LogP contribution in [0.1, 0.15) is 40.7 Å². The Labute approximate surface area is 169 Å². The third kappa shape index (κ3) is 3.59. The van der Waals surface area contributed by atoms with Crippen LogP contribution in [0.5, 0.6) is 0 Å². The second-order valence-electron chi connectivity index (χ2n) is 8.17. The molecule has 0 aliphatic carbocycles. The van der Waals surface area contributed by atoms with Crippen LogP contribution in [0.15, 0.2) is 18.2 Å². The summed E-state index contributed by atoms with van der Waals surface area (Å²) in [5.74, 6) is -0.615. The van der Waals surface area contributed by atoms with Gasteiger partial charge in [0.2, 0.25) is 5.91 Å². The molecule has 2 atom stereocenters. The number of rotatable bonds is 2. The first-order chi connectivity index (χ1) is 13.8. The van der Waals surface area contributed by atoms with E-state index in [1.54, 1.807) is 9.80 Å². The fourth-order valence-electron chi connectivity index (χ4n) is 4.62. The van der Waals surface area contributed by atoms with E-state index in [0.717, 1.165) is 24.0 Å². The number of nitrogens with one attached hydrogen (secondary N) is 1. The molecule has 0 aromatic heterocycles. The van der Waals surface area contributed by atoms with Gasteiger partial charge in [-0.25, -0.2) is 4.79 Å². The van der Waals surface area contributed by atoms with Crippen LogP contribution in [0.2, 0.25) is 0 Å². The van der Waals surface area contributed by atoms with Gasteiger partial charge in [-0.15, -0.1) is 0 Å². The Morgan fingerprint density at radius 3 is 2.45 bits per heavy atom. The molecule has 3 fully saturated rings. The zero-order chi connectivity index (χ0) is 20.7. The van der Waals surface area contributed by atoms with Gasteiger partial charge in [-0.3, -0.25) is 19.7 Å². The van der Waals surface area contributed by atoms with E-state index in [2.05, 4.69) is 5.32 Å². The summed E-state index contributed by atoms with van der Waals surface area (Å²) in [5, 5.41) is 2.30. The molecule has 29 heavy (non-hydrogen) atoms. The van der Waals surface area contributed by atoms with Crippen LogP contribution in [0.25, 0.3) is 0 Å². The molecule has 0 radical (unpaired) electrons. The first-order valence-electron chi connectivity index (χ1n) is 10.1. The Morgan fingerprint density at radius 2 is 1.72 bits per heavy atom. The summed E-state index contributed by atoms with van der Waals surface area (Å²) in [5.41, 5.74) is 2.63. The van der Waals surface area contributed by atoms with Crippen LogP contribution in [-0.4, -0.2) is 76.7 Å². The molecule has 4 rings (SSSR count). The second-order valence-corrected chi connectivity index (χ2v) is 8.17. The number of hydrogen-bond donors (Lipinski definition) is 1. The van der Waals surface area contributed by atoms with Gasteiger partial charge in [-0.2, -0.15) is 0 Å².